The summed E-state index contributed by atoms with van der Waals surface area (Å²) in [5.74, 6) is -7.14. The molecule has 16 nitrogen and oxygen atoms in total. The first-order valence-electron chi connectivity index (χ1n) is 24.3. The standard InChI is InChI=1S/C48H75N5O11Si3/c1-12-30(11)41(55)45(58)51-35-28-31-25-26-37(62-65(13-2,14-3)15-4)33(27-31)32-23-22-24-34-39(32)53-47(61)48(34,64-67(19-8,20-9)21-10)42(63-66(16-5,17-6)18-7)40(46(59)60)52-44(57)36(29-38(49)54)50-43(35)56/h22-27,30,35-36,40,42H,12-21,28-29H2,1-11H3,(H2,49,54)(H,50,56)(H,51,58)(H,52,57)(H,53,61)(H,59,60)/t30?,35-,36-,40-,42+,48-/m0/s1. The van der Waals surface area contributed by atoms with Gasteiger partial charge in [0.05, 0.1) is 12.1 Å². The Bertz CT molecular complexity index is 2140. The molecule has 0 radical (unpaired) electrons. The number of amides is 5. The maximum atomic E-state index is 15.6. The number of anilines is 1. The highest BCUT2D eigenvalue weighted by atomic mass is 28.4. The first-order chi connectivity index (χ1) is 31.7. The summed E-state index contributed by atoms with van der Waals surface area (Å²) < 4.78 is 21.8. The molecule has 0 aromatic heterocycles. The fraction of sp³-hybridized carbons (Fsp3) is 0.604. The topological polar surface area (TPSA) is 242 Å². The molecule has 7 N–H and O–H groups in total. The monoisotopic (exact) mass is 981 g/mol. The van der Waals surface area contributed by atoms with Crippen molar-refractivity contribution in [3.05, 3.63) is 47.5 Å². The van der Waals surface area contributed by atoms with E-state index < -0.39 is 108 Å². The number of para-hydroxylation sites is 1. The molecule has 2 aromatic carbocycles. The van der Waals surface area contributed by atoms with Gasteiger partial charge in [0.25, 0.3) is 20.1 Å². The number of benzene rings is 2. The second-order valence-corrected chi connectivity index (χ2v) is 32.3. The predicted octanol–water partition coefficient (Wildman–Crippen LogP) is 6.88. The Balaban J connectivity index is 2.25. The van der Waals surface area contributed by atoms with Crippen LogP contribution in [0.25, 0.3) is 11.1 Å². The van der Waals surface area contributed by atoms with Crippen molar-refractivity contribution in [2.75, 3.05) is 5.32 Å². The van der Waals surface area contributed by atoms with E-state index in [1.807, 2.05) is 53.7 Å². The van der Waals surface area contributed by atoms with Crippen LogP contribution in [0.15, 0.2) is 36.4 Å². The van der Waals surface area contributed by atoms with Gasteiger partial charge in [0.2, 0.25) is 23.5 Å². The summed E-state index contributed by atoms with van der Waals surface area (Å²) in [5, 5.41) is 22.2. The minimum absolute atomic E-state index is 0.196. The molecule has 4 rings (SSSR count). The Morgan fingerprint density at radius 2 is 1.37 bits per heavy atom. The molecule has 0 aliphatic carbocycles. The fourth-order valence-corrected chi connectivity index (χ4v) is 17.8. The maximum absolute atomic E-state index is 15.6. The summed E-state index contributed by atoms with van der Waals surface area (Å²) in [6.07, 6.45) is -2.27. The number of hydrogen-bond acceptors (Lipinski definition) is 10. The van der Waals surface area contributed by atoms with Gasteiger partial charge in [-0.3, -0.25) is 28.8 Å². The molecule has 2 aliphatic heterocycles. The smallest absolute Gasteiger partial charge is 0.329 e. The van der Waals surface area contributed by atoms with Gasteiger partial charge < -0.3 is 45.4 Å². The molecule has 0 saturated heterocycles. The zero-order chi connectivity index (χ0) is 50.1. The van der Waals surface area contributed by atoms with E-state index in [-0.39, 0.29) is 6.42 Å². The molecule has 1 unspecified atom stereocenters. The zero-order valence-electron chi connectivity index (χ0n) is 41.4. The lowest BCUT2D eigenvalue weighted by Gasteiger charge is -2.47. The molecule has 6 atom stereocenters. The Morgan fingerprint density at radius 3 is 1.90 bits per heavy atom. The summed E-state index contributed by atoms with van der Waals surface area (Å²) in [5.41, 5.74) is 5.83. The van der Waals surface area contributed by atoms with Crippen molar-refractivity contribution in [1.82, 2.24) is 16.0 Å². The number of carbonyl (C=O) groups is 7. The van der Waals surface area contributed by atoms with Gasteiger partial charge in [-0.2, -0.15) is 0 Å². The van der Waals surface area contributed by atoms with E-state index in [2.05, 4.69) is 42.0 Å². The van der Waals surface area contributed by atoms with Gasteiger partial charge in [0, 0.05) is 29.0 Å². The quantitative estimate of drug-likeness (QED) is 0.0525. The van der Waals surface area contributed by atoms with E-state index >= 15 is 4.79 Å². The molecule has 2 heterocycles. The number of nitrogens with one attached hydrogen (secondary N) is 4. The van der Waals surface area contributed by atoms with Gasteiger partial charge in [0.1, 0.15) is 23.9 Å². The average Bonchev–Trinajstić information content (AvgIpc) is 3.61. The summed E-state index contributed by atoms with van der Waals surface area (Å²) in [6, 6.07) is 11.3. The van der Waals surface area contributed by atoms with Crippen LogP contribution in [-0.4, -0.2) is 95.6 Å². The van der Waals surface area contributed by atoms with E-state index in [0.29, 0.717) is 76.4 Å². The van der Waals surface area contributed by atoms with Crippen LogP contribution in [0, 0.1) is 5.92 Å². The van der Waals surface area contributed by atoms with Crippen molar-refractivity contribution in [2.24, 2.45) is 11.7 Å². The minimum atomic E-state index is -2.95. The van der Waals surface area contributed by atoms with Gasteiger partial charge in [-0.05, 0) is 78.5 Å². The predicted molar refractivity (Wildman–Crippen MR) is 266 cm³/mol. The summed E-state index contributed by atoms with van der Waals surface area (Å²) >= 11 is 0. The number of carbonyl (C=O) groups excluding carboxylic acids is 6. The average molecular weight is 982 g/mol. The number of rotatable bonds is 22. The van der Waals surface area contributed by atoms with E-state index in [1.54, 1.807) is 38.1 Å². The fourth-order valence-electron chi connectivity index (χ4n) is 9.45. The molecule has 6 bridgehead atoms. The molecule has 0 saturated carbocycles. The number of hydrogen-bond donors (Lipinski definition) is 6. The number of carboxylic acids is 1. The van der Waals surface area contributed by atoms with Gasteiger partial charge in [-0.1, -0.05) is 100 Å². The van der Waals surface area contributed by atoms with Crippen LogP contribution in [0.4, 0.5) is 5.69 Å². The molecule has 67 heavy (non-hydrogen) atoms. The van der Waals surface area contributed by atoms with E-state index in [4.69, 9.17) is 19.0 Å². The van der Waals surface area contributed by atoms with Crippen LogP contribution in [0.1, 0.15) is 100 Å². The molecular weight excluding hydrogens is 907 g/mol. The van der Waals surface area contributed by atoms with Gasteiger partial charge in [-0.15, -0.1) is 0 Å². The molecule has 2 aliphatic rings. The highest BCUT2D eigenvalue weighted by Crippen LogP contribution is 2.52. The number of carboxylic acid groups (broad SMARTS) is 1. The van der Waals surface area contributed by atoms with Gasteiger partial charge in [0.15, 0.2) is 28.3 Å². The lowest BCUT2D eigenvalue weighted by molar-refractivity contribution is -0.158. The number of fused-ring (bicyclic) bond motifs is 3. The Kier molecular flexibility index (Phi) is 18.9. The van der Waals surface area contributed by atoms with Crippen molar-refractivity contribution >= 4 is 71.9 Å². The first-order valence-corrected chi connectivity index (χ1v) is 31.9. The van der Waals surface area contributed by atoms with Gasteiger partial charge in [-0.25, -0.2) is 4.79 Å². The molecule has 370 valence electrons. The minimum Gasteiger partial charge on any atom is -0.543 e. The Labute approximate surface area is 399 Å². The summed E-state index contributed by atoms with van der Waals surface area (Å²) in [7, 11) is -8.28. The number of Topliss-reactive ketones (excluding diaryl/α,β-unsaturated/α-hetero) is 1. The maximum Gasteiger partial charge on any atom is 0.329 e. The Morgan fingerprint density at radius 1 is 0.791 bits per heavy atom. The molecule has 0 spiro atoms. The van der Waals surface area contributed by atoms with E-state index in [0.717, 1.165) is 18.1 Å². The zero-order valence-corrected chi connectivity index (χ0v) is 44.4. The van der Waals surface area contributed by atoms with Crippen molar-refractivity contribution in [3.63, 3.8) is 0 Å². The van der Waals surface area contributed by atoms with Crippen molar-refractivity contribution in [1.29, 1.82) is 0 Å². The Hall–Kier alpha value is -4.70. The van der Waals surface area contributed by atoms with Gasteiger partial charge >= 0.3 is 5.97 Å². The van der Waals surface area contributed by atoms with Crippen LogP contribution >= 0.6 is 0 Å². The van der Waals surface area contributed by atoms with Crippen LogP contribution in [0.2, 0.25) is 54.4 Å². The SMILES string of the molecule is CCC(C)C(=O)C(=O)N[C@H]1Cc2ccc(O[Si](CC)(CC)CC)c(c2)-c2cccc3c2NC(=O)[C@@]3(O[Si](CC)(CC)CC)[C@H](O[Si](CC)(CC)CC)[C@@H](C(=O)O)NC(=O)[C@H](CC(N)=O)NC1=O. The lowest BCUT2D eigenvalue weighted by atomic mass is 9.83. The summed E-state index contributed by atoms with van der Waals surface area (Å²) in [4.78, 5) is 98.1. The molecule has 19 heteroatoms. The lowest BCUT2D eigenvalue weighted by Crippen LogP contribution is -2.67. The highest BCUT2D eigenvalue weighted by Gasteiger charge is 2.63. The molecule has 2 aromatic rings. The molecular formula is C48H75N5O11Si3. The number of nitrogens with two attached hydrogens (primary N) is 1. The third-order valence-corrected chi connectivity index (χ3v) is 28.7. The van der Waals surface area contributed by atoms with Crippen molar-refractivity contribution < 1.29 is 51.9 Å². The van der Waals surface area contributed by atoms with Crippen LogP contribution in [0.3, 0.4) is 0 Å². The van der Waals surface area contributed by atoms with E-state index in [9.17, 15) is 33.9 Å². The summed E-state index contributed by atoms with van der Waals surface area (Å²) in [6.45, 7) is 21.6. The second kappa shape index (κ2) is 23.1. The first kappa shape index (κ1) is 54.9. The van der Waals surface area contributed by atoms with Crippen LogP contribution in [0.5, 0.6) is 5.75 Å². The third-order valence-electron chi connectivity index (χ3n) is 14.9. The number of ketones is 1. The van der Waals surface area contributed by atoms with Crippen molar-refractivity contribution in [2.45, 2.75) is 180 Å². The van der Waals surface area contributed by atoms with Crippen LogP contribution in [-0.2, 0) is 54.4 Å². The largest absolute Gasteiger partial charge is 0.543 e. The third kappa shape index (κ3) is 11.4. The number of primary amides is 1. The van der Waals surface area contributed by atoms with Crippen LogP contribution < -0.4 is 31.4 Å². The van der Waals surface area contributed by atoms with E-state index in [1.165, 1.54) is 0 Å². The molecule has 5 amide bonds. The highest BCUT2D eigenvalue weighted by molar-refractivity contribution is 6.75. The number of aliphatic carboxylic acids is 1. The second-order valence-electron chi connectivity index (χ2n) is 18.2. The van der Waals surface area contributed by atoms with Crippen molar-refractivity contribution in [3.8, 4) is 16.9 Å². The normalized spacial score (nSPS) is 21.7. The molecule has 0 fully saturated rings.